The molecule has 0 aliphatic rings. The molecule has 1 aromatic heterocycles. The third-order valence-electron chi connectivity index (χ3n) is 3.40. The van der Waals surface area contributed by atoms with E-state index in [1.54, 1.807) is 6.20 Å². The minimum absolute atomic E-state index is 0. The second-order valence-electron chi connectivity index (χ2n) is 6.84. The average Bonchev–Trinajstić information content (AvgIpc) is 2.56. The molecular formula is C19H28IN5O. The maximum atomic E-state index is 12.0. The summed E-state index contributed by atoms with van der Waals surface area (Å²) in [6.45, 7) is 9.25. The van der Waals surface area contributed by atoms with Gasteiger partial charge < -0.3 is 16.0 Å². The summed E-state index contributed by atoms with van der Waals surface area (Å²) in [6.07, 6.45) is 1.79. The van der Waals surface area contributed by atoms with Crippen molar-refractivity contribution in [3.63, 3.8) is 0 Å². The summed E-state index contributed by atoms with van der Waals surface area (Å²) in [6, 6.07) is 10.0. The van der Waals surface area contributed by atoms with Crippen molar-refractivity contribution < 1.29 is 4.79 Å². The Morgan fingerprint density at radius 3 is 2.58 bits per heavy atom. The molecule has 7 heteroatoms. The summed E-state index contributed by atoms with van der Waals surface area (Å²) in [4.78, 5) is 21.0. The Kier molecular flexibility index (Phi) is 8.77. The Bertz CT molecular complexity index is 750. The first kappa shape index (κ1) is 22.1. The molecule has 0 aliphatic carbocycles. The number of nitrogens with one attached hydrogen (secondary N) is 3. The van der Waals surface area contributed by atoms with Gasteiger partial charge in [-0.2, -0.15) is 0 Å². The van der Waals surface area contributed by atoms with E-state index in [1.165, 1.54) is 0 Å². The lowest BCUT2D eigenvalue weighted by molar-refractivity contribution is -0.121. The molecule has 0 spiro atoms. The van der Waals surface area contributed by atoms with Crippen LogP contribution in [-0.4, -0.2) is 35.5 Å². The van der Waals surface area contributed by atoms with Crippen molar-refractivity contribution in [3.05, 3.63) is 42.1 Å². The van der Waals surface area contributed by atoms with Gasteiger partial charge in [0.2, 0.25) is 5.91 Å². The van der Waals surface area contributed by atoms with Crippen LogP contribution in [0.5, 0.6) is 0 Å². The molecule has 0 bridgehead atoms. The standard InChI is InChI=1S/C19H27N5O.HI/c1-5-20-18(23-13-16(25)24-19(2,3)4)22-12-15-9-6-8-14-10-7-11-21-17(14)15;/h6-11H,5,12-13H2,1-4H3,(H,24,25)(H2,20,22,23);1H. The molecule has 0 saturated carbocycles. The minimum Gasteiger partial charge on any atom is -0.357 e. The van der Waals surface area contributed by atoms with Crippen LogP contribution in [0.15, 0.2) is 41.5 Å². The van der Waals surface area contributed by atoms with Crippen molar-refractivity contribution in [2.75, 3.05) is 13.1 Å². The molecule has 2 aromatic rings. The number of amides is 1. The van der Waals surface area contributed by atoms with Crippen LogP contribution in [0.25, 0.3) is 10.9 Å². The molecule has 1 amide bonds. The van der Waals surface area contributed by atoms with Crippen molar-refractivity contribution in [1.29, 1.82) is 0 Å². The Hall–Kier alpha value is -1.90. The number of aliphatic imine (C=N–C) groups is 1. The zero-order chi connectivity index (χ0) is 18.3. The molecule has 0 fully saturated rings. The number of nitrogens with zero attached hydrogens (tertiary/aromatic N) is 2. The molecule has 0 saturated heterocycles. The van der Waals surface area contributed by atoms with E-state index in [9.17, 15) is 4.79 Å². The maximum Gasteiger partial charge on any atom is 0.239 e. The SMILES string of the molecule is CCNC(=NCc1cccc2cccnc12)NCC(=O)NC(C)(C)C.I. The number of rotatable bonds is 5. The number of guanidine groups is 1. The number of benzene rings is 1. The Morgan fingerprint density at radius 2 is 1.88 bits per heavy atom. The predicted molar refractivity (Wildman–Crippen MR) is 118 cm³/mol. The van der Waals surface area contributed by atoms with E-state index in [0.717, 1.165) is 23.0 Å². The van der Waals surface area contributed by atoms with Crippen molar-refractivity contribution >= 4 is 46.7 Å². The van der Waals surface area contributed by atoms with E-state index in [1.807, 2.05) is 58.0 Å². The van der Waals surface area contributed by atoms with Crippen molar-refractivity contribution in [1.82, 2.24) is 20.9 Å². The topological polar surface area (TPSA) is 78.4 Å². The largest absolute Gasteiger partial charge is 0.357 e. The molecule has 26 heavy (non-hydrogen) atoms. The quantitative estimate of drug-likeness (QED) is 0.358. The lowest BCUT2D eigenvalue weighted by Gasteiger charge is -2.21. The monoisotopic (exact) mass is 469 g/mol. The Labute approximate surface area is 172 Å². The number of hydrogen-bond acceptors (Lipinski definition) is 3. The lowest BCUT2D eigenvalue weighted by Crippen LogP contribution is -2.48. The van der Waals surface area contributed by atoms with Gasteiger partial charge in [-0.05, 0) is 39.3 Å². The number of aromatic nitrogens is 1. The summed E-state index contributed by atoms with van der Waals surface area (Å²) in [7, 11) is 0. The number of halogens is 1. The molecular weight excluding hydrogens is 441 g/mol. The average molecular weight is 469 g/mol. The molecule has 0 unspecified atom stereocenters. The second-order valence-corrected chi connectivity index (χ2v) is 6.84. The molecule has 1 aromatic carbocycles. The number of fused-ring (bicyclic) bond motifs is 1. The first-order valence-electron chi connectivity index (χ1n) is 8.55. The summed E-state index contributed by atoms with van der Waals surface area (Å²) >= 11 is 0. The first-order valence-corrected chi connectivity index (χ1v) is 8.55. The second kappa shape index (κ2) is 10.3. The molecule has 1 heterocycles. The van der Waals surface area contributed by atoms with E-state index < -0.39 is 0 Å². The van der Waals surface area contributed by atoms with Gasteiger partial charge in [-0.15, -0.1) is 24.0 Å². The third-order valence-corrected chi connectivity index (χ3v) is 3.40. The lowest BCUT2D eigenvalue weighted by atomic mass is 10.1. The molecule has 3 N–H and O–H groups in total. The van der Waals surface area contributed by atoms with Gasteiger partial charge in [0, 0.05) is 23.7 Å². The fourth-order valence-electron chi connectivity index (χ4n) is 2.43. The van der Waals surface area contributed by atoms with Crippen LogP contribution in [-0.2, 0) is 11.3 Å². The van der Waals surface area contributed by atoms with Gasteiger partial charge in [-0.3, -0.25) is 9.78 Å². The zero-order valence-corrected chi connectivity index (χ0v) is 18.1. The van der Waals surface area contributed by atoms with Gasteiger partial charge in [0.1, 0.15) is 0 Å². The molecule has 0 atom stereocenters. The highest BCUT2D eigenvalue weighted by Gasteiger charge is 2.13. The van der Waals surface area contributed by atoms with Gasteiger partial charge in [0.05, 0.1) is 18.6 Å². The number of carbonyl (C=O) groups is 1. The summed E-state index contributed by atoms with van der Waals surface area (Å²) in [5.74, 6) is 0.546. The fraction of sp³-hybridized carbons (Fsp3) is 0.421. The van der Waals surface area contributed by atoms with Gasteiger partial charge in [0.15, 0.2) is 5.96 Å². The van der Waals surface area contributed by atoms with Crippen LogP contribution in [0, 0.1) is 0 Å². The summed E-state index contributed by atoms with van der Waals surface area (Å²) in [5.41, 5.74) is 1.76. The number of para-hydroxylation sites is 1. The normalized spacial score (nSPS) is 11.6. The van der Waals surface area contributed by atoms with E-state index >= 15 is 0 Å². The Morgan fingerprint density at radius 1 is 1.15 bits per heavy atom. The highest BCUT2D eigenvalue weighted by atomic mass is 127. The molecule has 6 nitrogen and oxygen atoms in total. The van der Waals surface area contributed by atoms with Crippen LogP contribution < -0.4 is 16.0 Å². The van der Waals surface area contributed by atoms with Gasteiger partial charge in [-0.1, -0.05) is 24.3 Å². The molecule has 142 valence electrons. The van der Waals surface area contributed by atoms with Gasteiger partial charge in [-0.25, -0.2) is 4.99 Å². The maximum absolute atomic E-state index is 12.0. The third kappa shape index (κ3) is 7.15. The van der Waals surface area contributed by atoms with E-state index in [0.29, 0.717) is 12.5 Å². The smallest absolute Gasteiger partial charge is 0.239 e. The van der Waals surface area contributed by atoms with E-state index in [4.69, 9.17) is 0 Å². The van der Waals surface area contributed by atoms with Crippen molar-refractivity contribution in [3.8, 4) is 0 Å². The number of hydrogen-bond donors (Lipinski definition) is 3. The van der Waals surface area contributed by atoms with Gasteiger partial charge in [0.25, 0.3) is 0 Å². The van der Waals surface area contributed by atoms with Crippen LogP contribution in [0.4, 0.5) is 0 Å². The van der Waals surface area contributed by atoms with Crippen LogP contribution >= 0.6 is 24.0 Å². The van der Waals surface area contributed by atoms with Crippen LogP contribution in [0.1, 0.15) is 33.3 Å². The van der Waals surface area contributed by atoms with E-state index in [-0.39, 0.29) is 42.0 Å². The zero-order valence-electron chi connectivity index (χ0n) is 15.8. The minimum atomic E-state index is -0.247. The molecule has 0 radical (unpaired) electrons. The number of pyridine rings is 1. The molecule has 2 rings (SSSR count). The fourth-order valence-corrected chi connectivity index (χ4v) is 2.43. The summed E-state index contributed by atoms with van der Waals surface area (Å²) in [5, 5.41) is 10.2. The van der Waals surface area contributed by atoms with Crippen molar-refractivity contribution in [2.45, 2.75) is 39.8 Å². The Balaban J connectivity index is 0.00000338. The number of carbonyl (C=O) groups excluding carboxylic acids is 1. The van der Waals surface area contributed by atoms with Crippen LogP contribution in [0.2, 0.25) is 0 Å². The predicted octanol–water partition coefficient (Wildman–Crippen LogP) is 2.82. The van der Waals surface area contributed by atoms with Crippen LogP contribution in [0.3, 0.4) is 0 Å². The van der Waals surface area contributed by atoms with Gasteiger partial charge >= 0.3 is 0 Å². The summed E-state index contributed by atoms with van der Waals surface area (Å²) < 4.78 is 0. The van der Waals surface area contributed by atoms with Crippen molar-refractivity contribution in [2.24, 2.45) is 4.99 Å². The highest BCUT2D eigenvalue weighted by molar-refractivity contribution is 14.0. The molecule has 0 aliphatic heterocycles. The van der Waals surface area contributed by atoms with E-state index in [2.05, 4.69) is 25.9 Å². The first-order chi connectivity index (χ1) is 11.9. The highest BCUT2D eigenvalue weighted by Crippen LogP contribution is 2.16.